The van der Waals surface area contributed by atoms with E-state index in [1.165, 1.54) is 18.3 Å². The molecule has 0 aliphatic rings. The van der Waals surface area contributed by atoms with Gasteiger partial charge < -0.3 is 14.8 Å². The van der Waals surface area contributed by atoms with Gasteiger partial charge in [-0.3, -0.25) is 0 Å². The number of aromatic carboxylic acids is 1. The zero-order valence-corrected chi connectivity index (χ0v) is 12.7. The Morgan fingerprint density at radius 2 is 2.19 bits per heavy atom. The number of benzene rings is 1. The Bertz CT molecular complexity index is 847. The lowest BCUT2D eigenvalue weighted by Crippen LogP contribution is -2.05. The molecule has 0 aliphatic heterocycles. The van der Waals surface area contributed by atoms with Crippen molar-refractivity contribution in [1.82, 2.24) is 9.38 Å². The zero-order valence-electron chi connectivity index (χ0n) is 10.5. The monoisotopic (exact) mass is 397 g/mol. The van der Waals surface area contributed by atoms with Crippen LogP contribution in [0.5, 0.6) is 0 Å². The number of nitrogens with one attached hydrogen (secondary N) is 1. The van der Waals surface area contributed by atoms with Gasteiger partial charge in [0.1, 0.15) is 5.82 Å². The van der Waals surface area contributed by atoms with Crippen molar-refractivity contribution in [2.75, 3.05) is 5.32 Å². The Balaban J connectivity index is 2.16. The lowest BCUT2D eigenvalue weighted by Gasteiger charge is -2.12. The normalized spacial score (nSPS) is 10.8. The van der Waals surface area contributed by atoms with Gasteiger partial charge in [-0.05, 0) is 46.9 Å². The fraction of sp³-hybridized carbons (Fsp3) is 0. The molecule has 106 valence electrons. The van der Waals surface area contributed by atoms with Crippen molar-refractivity contribution in [2.45, 2.75) is 0 Å². The number of hydrogen-bond acceptors (Lipinski definition) is 3. The standard InChI is InChI=1S/C14H9FIN3O2/c15-10-5-8(16)1-2-11(10)18-13-9(14(20)21)3-4-19-7-17-6-12(13)19/h1-7,18H,(H,20,21). The van der Waals surface area contributed by atoms with Gasteiger partial charge in [-0.25, -0.2) is 14.2 Å². The van der Waals surface area contributed by atoms with E-state index in [9.17, 15) is 14.3 Å². The molecule has 5 nitrogen and oxygen atoms in total. The van der Waals surface area contributed by atoms with Crippen molar-refractivity contribution in [2.24, 2.45) is 0 Å². The van der Waals surface area contributed by atoms with E-state index in [4.69, 9.17) is 0 Å². The number of aromatic nitrogens is 2. The van der Waals surface area contributed by atoms with Crippen LogP contribution in [-0.4, -0.2) is 20.5 Å². The maximum Gasteiger partial charge on any atom is 0.337 e. The molecular formula is C14H9FIN3O2. The van der Waals surface area contributed by atoms with Crippen LogP contribution < -0.4 is 5.32 Å². The zero-order chi connectivity index (χ0) is 15.0. The molecule has 2 heterocycles. The maximum atomic E-state index is 14.0. The summed E-state index contributed by atoms with van der Waals surface area (Å²) in [6.07, 6.45) is 4.68. The molecule has 0 radical (unpaired) electrons. The number of nitrogens with zero attached hydrogens (tertiary/aromatic N) is 2. The summed E-state index contributed by atoms with van der Waals surface area (Å²) in [5.41, 5.74) is 1.14. The largest absolute Gasteiger partial charge is 0.478 e. The predicted molar refractivity (Wildman–Crippen MR) is 84.6 cm³/mol. The van der Waals surface area contributed by atoms with E-state index in [0.29, 0.717) is 11.2 Å². The van der Waals surface area contributed by atoms with E-state index in [2.05, 4.69) is 10.3 Å². The molecule has 0 atom stereocenters. The number of rotatable bonds is 3. The number of hydrogen-bond donors (Lipinski definition) is 2. The first kappa shape index (κ1) is 13.8. The molecule has 3 rings (SSSR count). The van der Waals surface area contributed by atoms with Gasteiger partial charge in [0.25, 0.3) is 0 Å². The fourth-order valence-electron chi connectivity index (χ4n) is 2.03. The third kappa shape index (κ3) is 2.56. The molecule has 0 saturated heterocycles. The molecule has 2 N–H and O–H groups in total. The van der Waals surface area contributed by atoms with Crippen LogP contribution in [0.25, 0.3) is 5.52 Å². The van der Waals surface area contributed by atoms with Gasteiger partial charge in [0, 0.05) is 9.77 Å². The molecule has 3 aromatic rings. The van der Waals surface area contributed by atoms with E-state index in [0.717, 1.165) is 3.57 Å². The van der Waals surface area contributed by atoms with Gasteiger partial charge in [0.15, 0.2) is 0 Å². The highest BCUT2D eigenvalue weighted by Crippen LogP contribution is 2.28. The predicted octanol–water partition coefficient (Wildman–Crippen LogP) is 3.52. The molecule has 0 amide bonds. The van der Waals surface area contributed by atoms with Gasteiger partial charge >= 0.3 is 5.97 Å². The Hall–Kier alpha value is -2.16. The second-order valence-electron chi connectivity index (χ2n) is 4.34. The van der Waals surface area contributed by atoms with E-state index < -0.39 is 11.8 Å². The lowest BCUT2D eigenvalue weighted by atomic mass is 10.2. The van der Waals surface area contributed by atoms with Crippen LogP contribution in [0, 0.1) is 9.39 Å². The van der Waals surface area contributed by atoms with E-state index in [1.807, 2.05) is 22.6 Å². The minimum Gasteiger partial charge on any atom is -0.478 e. The van der Waals surface area contributed by atoms with Crippen LogP contribution in [0.4, 0.5) is 15.8 Å². The molecule has 2 aromatic heterocycles. The second kappa shape index (κ2) is 5.32. The molecule has 0 spiro atoms. The summed E-state index contributed by atoms with van der Waals surface area (Å²) in [4.78, 5) is 15.3. The van der Waals surface area contributed by atoms with Gasteiger partial charge in [-0.1, -0.05) is 0 Å². The number of halogens is 2. The minimum atomic E-state index is -1.09. The van der Waals surface area contributed by atoms with Crippen molar-refractivity contribution in [3.8, 4) is 0 Å². The summed E-state index contributed by atoms with van der Waals surface area (Å²) in [5.74, 6) is -1.54. The van der Waals surface area contributed by atoms with Crippen LogP contribution in [0.2, 0.25) is 0 Å². The average molecular weight is 397 g/mol. The number of fused-ring (bicyclic) bond motifs is 1. The van der Waals surface area contributed by atoms with Crippen LogP contribution in [0.15, 0.2) is 43.0 Å². The average Bonchev–Trinajstić information content (AvgIpc) is 2.90. The van der Waals surface area contributed by atoms with Crippen molar-refractivity contribution in [1.29, 1.82) is 0 Å². The molecular weight excluding hydrogens is 388 g/mol. The molecule has 1 aromatic carbocycles. The summed E-state index contributed by atoms with van der Waals surface area (Å²) < 4.78 is 16.4. The first-order valence-electron chi connectivity index (χ1n) is 5.96. The fourth-order valence-corrected chi connectivity index (χ4v) is 2.48. The first-order valence-corrected chi connectivity index (χ1v) is 7.04. The Kier molecular flexibility index (Phi) is 3.50. The number of anilines is 2. The van der Waals surface area contributed by atoms with Crippen LogP contribution in [0.1, 0.15) is 10.4 Å². The molecule has 21 heavy (non-hydrogen) atoms. The summed E-state index contributed by atoms with van der Waals surface area (Å²) >= 11 is 2.01. The van der Waals surface area contributed by atoms with E-state index >= 15 is 0 Å². The van der Waals surface area contributed by atoms with E-state index in [-0.39, 0.29) is 11.3 Å². The van der Waals surface area contributed by atoms with E-state index in [1.54, 1.807) is 29.1 Å². The Labute approximate surface area is 132 Å². The number of carbonyl (C=O) groups is 1. The smallest absolute Gasteiger partial charge is 0.337 e. The molecule has 7 heteroatoms. The van der Waals surface area contributed by atoms with Crippen molar-refractivity contribution in [3.63, 3.8) is 0 Å². The number of pyridine rings is 1. The minimum absolute atomic E-state index is 0.0564. The molecule has 0 bridgehead atoms. The summed E-state index contributed by atoms with van der Waals surface area (Å²) in [5, 5.41) is 12.1. The highest BCUT2D eigenvalue weighted by atomic mass is 127. The topological polar surface area (TPSA) is 66.6 Å². The third-order valence-corrected chi connectivity index (χ3v) is 3.69. The van der Waals surface area contributed by atoms with Crippen molar-refractivity contribution in [3.05, 3.63) is 57.9 Å². The van der Waals surface area contributed by atoms with Crippen molar-refractivity contribution >= 4 is 45.5 Å². The van der Waals surface area contributed by atoms with Crippen molar-refractivity contribution < 1.29 is 14.3 Å². The quantitative estimate of drug-likeness (QED) is 0.664. The SMILES string of the molecule is O=C(O)c1ccn2cncc2c1Nc1ccc(I)cc1F. The van der Waals surface area contributed by atoms with Crippen LogP contribution in [0.3, 0.4) is 0 Å². The molecule has 0 saturated carbocycles. The lowest BCUT2D eigenvalue weighted by molar-refractivity contribution is 0.0698. The summed E-state index contributed by atoms with van der Waals surface area (Å²) in [6, 6.07) is 6.13. The van der Waals surface area contributed by atoms with Crippen LogP contribution in [-0.2, 0) is 0 Å². The summed E-state index contributed by atoms with van der Waals surface area (Å²) in [6.45, 7) is 0. The summed E-state index contributed by atoms with van der Waals surface area (Å²) in [7, 11) is 0. The van der Waals surface area contributed by atoms with Gasteiger partial charge in [0.2, 0.25) is 0 Å². The number of imidazole rings is 1. The second-order valence-corrected chi connectivity index (χ2v) is 5.59. The number of carboxylic acid groups (broad SMARTS) is 1. The Morgan fingerprint density at radius 1 is 1.38 bits per heavy atom. The van der Waals surface area contributed by atoms with Gasteiger partial charge in [0.05, 0.1) is 35.0 Å². The Morgan fingerprint density at radius 3 is 2.90 bits per heavy atom. The maximum absolute atomic E-state index is 14.0. The third-order valence-electron chi connectivity index (χ3n) is 3.01. The molecule has 0 unspecified atom stereocenters. The van der Waals surface area contributed by atoms with Gasteiger partial charge in [-0.2, -0.15) is 0 Å². The van der Waals surface area contributed by atoms with Crippen LogP contribution >= 0.6 is 22.6 Å². The molecule has 0 aliphatic carbocycles. The number of carboxylic acids is 1. The highest BCUT2D eigenvalue weighted by Gasteiger charge is 2.15. The first-order chi connectivity index (χ1) is 10.1. The van der Waals surface area contributed by atoms with Gasteiger partial charge in [-0.15, -0.1) is 0 Å². The highest BCUT2D eigenvalue weighted by molar-refractivity contribution is 14.1. The molecule has 0 fully saturated rings.